The first-order chi connectivity index (χ1) is 12.0. The van der Waals surface area contributed by atoms with Crippen LogP contribution in [0.2, 0.25) is 0 Å². The van der Waals surface area contributed by atoms with Crippen LogP contribution in [0.15, 0.2) is 29.2 Å². The standard InChI is InChI=1S/C19H23BO4S/c1-5-24-12-10-17(23-4)13(18(25)11-12)6-7-14-15(21-2)8-9-16(22-3)19(14)20/h6-11,25H,5,20H2,1-4H3/b7-6+. The monoisotopic (exact) mass is 358 g/mol. The maximum atomic E-state index is 5.54. The number of hydrogen-bond donors (Lipinski definition) is 1. The second-order valence-corrected chi connectivity index (χ2v) is 5.82. The molecule has 0 aliphatic heterocycles. The number of rotatable bonds is 7. The van der Waals surface area contributed by atoms with E-state index in [2.05, 4.69) is 12.6 Å². The van der Waals surface area contributed by atoms with Gasteiger partial charge in [-0.3, -0.25) is 0 Å². The van der Waals surface area contributed by atoms with E-state index in [4.69, 9.17) is 18.9 Å². The van der Waals surface area contributed by atoms with E-state index in [0.29, 0.717) is 12.4 Å². The molecule has 0 bridgehead atoms. The van der Waals surface area contributed by atoms with Crippen LogP contribution < -0.4 is 24.4 Å². The van der Waals surface area contributed by atoms with E-state index in [1.807, 2.05) is 51.2 Å². The lowest BCUT2D eigenvalue weighted by Gasteiger charge is -2.14. The molecule has 132 valence electrons. The maximum Gasteiger partial charge on any atom is 0.145 e. The van der Waals surface area contributed by atoms with E-state index in [0.717, 1.165) is 38.7 Å². The molecule has 4 nitrogen and oxygen atoms in total. The van der Waals surface area contributed by atoms with Crippen molar-refractivity contribution >= 4 is 38.1 Å². The fourth-order valence-corrected chi connectivity index (χ4v) is 2.94. The first kappa shape index (κ1) is 19.1. The Hall–Kier alpha value is -2.21. The minimum atomic E-state index is 0.589. The van der Waals surface area contributed by atoms with E-state index in [1.54, 1.807) is 21.3 Å². The molecule has 0 fully saturated rings. The highest BCUT2D eigenvalue weighted by Crippen LogP contribution is 2.33. The molecule has 0 radical (unpaired) electrons. The summed E-state index contributed by atoms with van der Waals surface area (Å²) >= 11 is 4.58. The molecule has 0 N–H and O–H groups in total. The smallest absolute Gasteiger partial charge is 0.145 e. The summed E-state index contributed by atoms with van der Waals surface area (Å²) < 4.78 is 21.9. The maximum absolute atomic E-state index is 5.54. The average molecular weight is 358 g/mol. The molecule has 0 aliphatic rings. The number of ether oxygens (including phenoxy) is 4. The van der Waals surface area contributed by atoms with Crippen LogP contribution in [0.25, 0.3) is 12.2 Å². The Morgan fingerprint density at radius 1 is 0.920 bits per heavy atom. The third-order valence-electron chi connectivity index (χ3n) is 3.91. The number of benzene rings is 2. The zero-order valence-electron chi connectivity index (χ0n) is 15.3. The number of hydrogen-bond acceptors (Lipinski definition) is 5. The summed E-state index contributed by atoms with van der Waals surface area (Å²) in [4.78, 5) is 0.776. The van der Waals surface area contributed by atoms with E-state index >= 15 is 0 Å². The Bertz CT molecular complexity index is 775. The van der Waals surface area contributed by atoms with Crippen molar-refractivity contribution in [1.29, 1.82) is 0 Å². The van der Waals surface area contributed by atoms with Crippen LogP contribution in [-0.4, -0.2) is 35.8 Å². The van der Waals surface area contributed by atoms with Gasteiger partial charge in [0, 0.05) is 22.1 Å². The number of methoxy groups -OCH3 is 3. The van der Waals surface area contributed by atoms with Crippen molar-refractivity contribution in [3.63, 3.8) is 0 Å². The van der Waals surface area contributed by atoms with Gasteiger partial charge in [-0.1, -0.05) is 6.08 Å². The molecule has 0 atom stereocenters. The molecule has 0 spiro atoms. The summed E-state index contributed by atoms with van der Waals surface area (Å²) in [6.45, 7) is 2.53. The van der Waals surface area contributed by atoms with Gasteiger partial charge >= 0.3 is 0 Å². The summed E-state index contributed by atoms with van der Waals surface area (Å²) in [6, 6.07) is 7.53. The Morgan fingerprint density at radius 2 is 1.52 bits per heavy atom. The van der Waals surface area contributed by atoms with Gasteiger partial charge in [0.25, 0.3) is 0 Å². The molecular formula is C19H23BO4S. The van der Waals surface area contributed by atoms with Gasteiger partial charge in [0.05, 0.1) is 27.9 Å². The first-order valence-electron chi connectivity index (χ1n) is 7.99. The Balaban J connectivity index is 2.49. The van der Waals surface area contributed by atoms with Crippen LogP contribution in [0, 0.1) is 0 Å². The number of thiol groups is 1. The van der Waals surface area contributed by atoms with Crippen molar-refractivity contribution in [2.24, 2.45) is 0 Å². The van der Waals surface area contributed by atoms with Gasteiger partial charge < -0.3 is 18.9 Å². The second-order valence-electron chi connectivity index (χ2n) is 5.33. The lowest BCUT2D eigenvalue weighted by Crippen LogP contribution is -2.12. The van der Waals surface area contributed by atoms with Crippen LogP contribution in [0.1, 0.15) is 18.1 Å². The summed E-state index contributed by atoms with van der Waals surface area (Å²) in [5, 5.41) is 0. The third-order valence-corrected chi connectivity index (χ3v) is 4.28. The van der Waals surface area contributed by atoms with Gasteiger partial charge in [-0.05, 0) is 36.7 Å². The molecule has 0 aliphatic carbocycles. The Kier molecular flexibility index (Phi) is 6.70. The van der Waals surface area contributed by atoms with Crippen LogP contribution in [0.3, 0.4) is 0 Å². The van der Waals surface area contributed by atoms with Crippen molar-refractivity contribution in [3.8, 4) is 23.0 Å². The van der Waals surface area contributed by atoms with Gasteiger partial charge in [0.15, 0.2) is 0 Å². The molecule has 0 aromatic heterocycles. The lowest BCUT2D eigenvalue weighted by atomic mass is 9.88. The van der Waals surface area contributed by atoms with Crippen molar-refractivity contribution in [1.82, 2.24) is 0 Å². The fraction of sp³-hybridized carbons (Fsp3) is 0.263. The third kappa shape index (κ3) is 4.26. The van der Waals surface area contributed by atoms with Gasteiger partial charge in [0.2, 0.25) is 0 Å². The van der Waals surface area contributed by atoms with Crippen molar-refractivity contribution in [2.45, 2.75) is 11.8 Å². The topological polar surface area (TPSA) is 36.9 Å². The van der Waals surface area contributed by atoms with Crippen molar-refractivity contribution in [3.05, 3.63) is 35.4 Å². The molecule has 6 heteroatoms. The normalized spacial score (nSPS) is 10.8. The molecule has 0 heterocycles. The van der Waals surface area contributed by atoms with Gasteiger partial charge in [0.1, 0.15) is 30.8 Å². The van der Waals surface area contributed by atoms with E-state index in [1.165, 1.54) is 0 Å². The van der Waals surface area contributed by atoms with E-state index in [-0.39, 0.29) is 0 Å². The SMILES string of the molecule is Bc1c(OC)ccc(OC)c1/C=C/c1c(S)cc(OCC)cc1OC. The lowest BCUT2D eigenvalue weighted by molar-refractivity contribution is 0.335. The van der Waals surface area contributed by atoms with Gasteiger partial charge in [-0.25, -0.2) is 0 Å². The molecule has 2 aromatic rings. The minimum Gasteiger partial charge on any atom is -0.497 e. The molecule has 0 saturated heterocycles. The van der Waals surface area contributed by atoms with E-state index < -0.39 is 0 Å². The molecular weight excluding hydrogens is 335 g/mol. The molecule has 0 unspecified atom stereocenters. The Labute approximate surface area is 155 Å². The molecule has 2 aromatic carbocycles. The predicted molar refractivity (Wildman–Crippen MR) is 108 cm³/mol. The molecule has 0 amide bonds. The van der Waals surface area contributed by atoms with Crippen LogP contribution in [-0.2, 0) is 0 Å². The molecule has 0 saturated carbocycles. The predicted octanol–water partition coefficient (Wildman–Crippen LogP) is 2.83. The van der Waals surface area contributed by atoms with Gasteiger partial charge in [-0.15, -0.1) is 12.6 Å². The summed E-state index contributed by atoms with van der Waals surface area (Å²) in [5.74, 6) is 3.02. The summed E-state index contributed by atoms with van der Waals surface area (Å²) in [7, 11) is 6.94. The first-order valence-corrected chi connectivity index (χ1v) is 8.43. The highest BCUT2D eigenvalue weighted by molar-refractivity contribution is 7.80. The van der Waals surface area contributed by atoms with Crippen molar-refractivity contribution < 1.29 is 18.9 Å². The highest BCUT2D eigenvalue weighted by atomic mass is 32.1. The summed E-state index contributed by atoms with van der Waals surface area (Å²) in [5.41, 5.74) is 2.83. The second kappa shape index (κ2) is 8.76. The quantitative estimate of drug-likeness (QED) is 0.469. The van der Waals surface area contributed by atoms with Gasteiger partial charge in [-0.2, -0.15) is 0 Å². The minimum absolute atomic E-state index is 0.589. The highest BCUT2D eigenvalue weighted by Gasteiger charge is 2.11. The molecule has 2 rings (SSSR count). The summed E-state index contributed by atoms with van der Waals surface area (Å²) in [6.07, 6.45) is 3.94. The largest absolute Gasteiger partial charge is 0.497 e. The van der Waals surface area contributed by atoms with Crippen LogP contribution >= 0.6 is 12.6 Å². The van der Waals surface area contributed by atoms with Crippen LogP contribution in [0.4, 0.5) is 0 Å². The Morgan fingerprint density at radius 3 is 2.12 bits per heavy atom. The van der Waals surface area contributed by atoms with E-state index in [9.17, 15) is 0 Å². The fourth-order valence-electron chi connectivity index (χ4n) is 2.63. The zero-order chi connectivity index (χ0) is 18.4. The molecule has 25 heavy (non-hydrogen) atoms. The van der Waals surface area contributed by atoms with Crippen molar-refractivity contribution in [2.75, 3.05) is 27.9 Å². The van der Waals surface area contributed by atoms with Crippen LogP contribution in [0.5, 0.6) is 23.0 Å². The average Bonchev–Trinajstić information content (AvgIpc) is 2.61. The zero-order valence-corrected chi connectivity index (χ0v) is 16.1.